The van der Waals surface area contributed by atoms with Gasteiger partial charge < -0.3 is 28.4 Å². The molecule has 278 valence electrons. The van der Waals surface area contributed by atoms with E-state index in [1.165, 1.54) is 11.1 Å². The maximum Gasteiger partial charge on any atom is 0.343 e. The highest BCUT2D eigenvalue weighted by Crippen LogP contribution is 2.52. The average molecular weight is 747 g/mol. The van der Waals surface area contributed by atoms with Crippen LogP contribution in [-0.4, -0.2) is 64.3 Å². The predicted molar refractivity (Wildman–Crippen MR) is 208 cm³/mol. The van der Waals surface area contributed by atoms with Crippen molar-refractivity contribution in [3.63, 3.8) is 0 Å². The van der Waals surface area contributed by atoms with Crippen LogP contribution in [-0.2, 0) is 25.7 Å². The van der Waals surface area contributed by atoms with E-state index in [9.17, 15) is 4.79 Å². The first-order chi connectivity index (χ1) is 26.2. The Balaban J connectivity index is 1.30. The molecule has 9 nitrogen and oxygen atoms in total. The Kier molecular flexibility index (Phi) is 9.87. The molecule has 5 aromatic rings. The van der Waals surface area contributed by atoms with Gasteiger partial charge in [-0.05, 0) is 134 Å². The number of nitrogens with zero attached hydrogens (tertiary/aromatic N) is 2. The molecule has 4 aliphatic rings. The Morgan fingerprint density at radius 2 is 1.33 bits per heavy atom. The highest BCUT2D eigenvalue weighted by atomic mass is 35.5. The number of halogens is 1. The van der Waals surface area contributed by atoms with E-state index in [0.29, 0.717) is 63.0 Å². The average Bonchev–Trinajstić information content (AvgIpc) is 3.18. The molecular weight excluding hydrogens is 704 g/mol. The molecule has 2 atom stereocenters. The smallest absolute Gasteiger partial charge is 0.343 e. The van der Waals surface area contributed by atoms with E-state index >= 15 is 0 Å². The zero-order chi connectivity index (χ0) is 37.5. The lowest BCUT2D eigenvalue weighted by Crippen LogP contribution is -2.34. The van der Waals surface area contributed by atoms with Crippen molar-refractivity contribution < 1.29 is 33.2 Å². The molecule has 0 N–H and O–H groups in total. The SMILES string of the molecule is COc1cc2c3cc1Oc1c(OC)c(OC)cc4c1[C@@H](Cc1ccc(OC(=O)c5ccc(Cl)cc5)c(c1)Oc1ccc(cc1)C[C@@H]3N(C)CC2)N(C)CC4. The van der Waals surface area contributed by atoms with E-state index in [0.717, 1.165) is 54.6 Å². The lowest BCUT2D eigenvalue weighted by molar-refractivity contribution is 0.0730. The van der Waals surface area contributed by atoms with E-state index in [1.807, 2.05) is 24.3 Å². The van der Waals surface area contributed by atoms with Gasteiger partial charge in [-0.25, -0.2) is 4.79 Å². The van der Waals surface area contributed by atoms with Crippen molar-refractivity contribution in [2.45, 2.75) is 37.8 Å². The van der Waals surface area contributed by atoms with Crippen molar-refractivity contribution >= 4 is 17.6 Å². The third kappa shape index (κ3) is 6.83. The molecular formula is C44H43ClN2O7. The van der Waals surface area contributed by atoms with E-state index in [4.69, 9.17) is 40.0 Å². The molecule has 0 saturated heterocycles. The highest BCUT2D eigenvalue weighted by molar-refractivity contribution is 6.30. The van der Waals surface area contributed by atoms with E-state index in [1.54, 1.807) is 51.7 Å². The first-order valence-electron chi connectivity index (χ1n) is 18.2. The van der Waals surface area contributed by atoms with Gasteiger partial charge in [-0.15, -0.1) is 0 Å². The van der Waals surface area contributed by atoms with Crippen LogP contribution in [0.15, 0.2) is 84.9 Å². The maximum atomic E-state index is 13.3. The summed E-state index contributed by atoms with van der Waals surface area (Å²) >= 11 is 6.08. The van der Waals surface area contributed by atoms with Crippen molar-refractivity contribution in [1.82, 2.24) is 9.80 Å². The van der Waals surface area contributed by atoms with E-state index in [-0.39, 0.29) is 12.1 Å². The molecule has 10 heteroatoms. The van der Waals surface area contributed by atoms with Gasteiger partial charge in [-0.1, -0.05) is 29.8 Å². The van der Waals surface area contributed by atoms with Crippen LogP contribution in [0.1, 0.15) is 55.8 Å². The summed E-state index contributed by atoms with van der Waals surface area (Å²) in [6, 6.07) is 26.8. The first-order valence-corrected chi connectivity index (χ1v) is 18.5. The summed E-state index contributed by atoms with van der Waals surface area (Å²) in [6.45, 7) is 1.75. The normalized spacial score (nSPS) is 18.0. The molecule has 0 radical (unpaired) electrons. The Morgan fingerprint density at radius 3 is 2.06 bits per heavy atom. The van der Waals surface area contributed by atoms with Gasteiger partial charge in [-0.3, -0.25) is 9.80 Å². The number of benzene rings is 5. The summed E-state index contributed by atoms with van der Waals surface area (Å²) in [4.78, 5) is 18.0. The molecule has 4 heterocycles. The van der Waals surface area contributed by atoms with Gasteiger partial charge in [0.25, 0.3) is 0 Å². The molecule has 0 saturated carbocycles. The number of carbonyl (C=O) groups excluding carboxylic acids is 1. The topological polar surface area (TPSA) is 78.9 Å². The number of hydrogen-bond donors (Lipinski definition) is 0. The molecule has 0 aromatic heterocycles. The third-order valence-corrected chi connectivity index (χ3v) is 11.2. The van der Waals surface area contributed by atoms with Gasteiger partial charge in [0, 0.05) is 35.8 Å². The summed E-state index contributed by atoms with van der Waals surface area (Å²) in [5, 5.41) is 0.538. The molecule has 5 aromatic carbocycles. The van der Waals surface area contributed by atoms with Gasteiger partial charge >= 0.3 is 5.97 Å². The fraction of sp³-hybridized carbons (Fsp3) is 0.295. The molecule has 54 heavy (non-hydrogen) atoms. The Morgan fingerprint density at radius 1 is 0.685 bits per heavy atom. The largest absolute Gasteiger partial charge is 0.493 e. The Hall–Kier alpha value is -5.22. The van der Waals surface area contributed by atoms with Crippen LogP contribution in [0.5, 0.6) is 46.0 Å². The molecule has 6 bridgehead atoms. The van der Waals surface area contributed by atoms with Crippen LogP contribution in [0.25, 0.3) is 0 Å². The minimum absolute atomic E-state index is 0.100. The van der Waals surface area contributed by atoms with Crippen LogP contribution in [0, 0.1) is 0 Å². The minimum Gasteiger partial charge on any atom is -0.493 e. The number of rotatable bonds is 5. The van der Waals surface area contributed by atoms with Crippen LogP contribution in [0.2, 0.25) is 5.02 Å². The van der Waals surface area contributed by atoms with Crippen molar-refractivity contribution in [1.29, 1.82) is 0 Å². The number of likely N-dealkylation sites (N-methyl/N-ethyl adjacent to an activating group) is 2. The van der Waals surface area contributed by atoms with Crippen molar-refractivity contribution in [2.75, 3.05) is 48.5 Å². The lowest BCUT2D eigenvalue weighted by Gasteiger charge is -2.37. The predicted octanol–water partition coefficient (Wildman–Crippen LogP) is 9.03. The quantitative estimate of drug-likeness (QED) is 0.129. The maximum absolute atomic E-state index is 13.3. The molecule has 0 aliphatic carbocycles. The molecule has 9 rings (SSSR count). The third-order valence-electron chi connectivity index (χ3n) is 10.9. The zero-order valence-corrected chi connectivity index (χ0v) is 31.9. The van der Waals surface area contributed by atoms with Gasteiger partial charge in [-0.2, -0.15) is 0 Å². The fourth-order valence-corrected chi connectivity index (χ4v) is 8.06. The second kappa shape index (κ2) is 14.9. The molecule has 4 aliphatic heterocycles. The lowest BCUT2D eigenvalue weighted by atomic mass is 9.87. The number of hydrogen-bond acceptors (Lipinski definition) is 9. The molecule has 0 unspecified atom stereocenters. The second-order valence-electron chi connectivity index (χ2n) is 14.1. The number of ether oxygens (including phenoxy) is 6. The number of fused-ring (bicyclic) bond motifs is 2. The molecule has 0 amide bonds. The van der Waals surface area contributed by atoms with Crippen molar-refractivity contribution in [3.8, 4) is 46.0 Å². The van der Waals surface area contributed by atoms with Crippen LogP contribution >= 0.6 is 11.6 Å². The summed E-state index contributed by atoms with van der Waals surface area (Å²) in [5.41, 5.74) is 7.11. The van der Waals surface area contributed by atoms with E-state index in [2.05, 4.69) is 54.2 Å². The van der Waals surface area contributed by atoms with Gasteiger partial charge in [0.05, 0.1) is 26.9 Å². The fourth-order valence-electron chi connectivity index (χ4n) is 7.94. The molecule has 0 spiro atoms. The van der Waals surface area contributed by atoms with Gasteiger partial charge in [0.15, 0.2) is 34.5 Å². The van der Waals surface area contributed by atoms with E-state index < -0.39 is 5.97 Å². The monoisotopic (exact) mass is 746 g/mol. The number of carbonyl (C=O) groups is 1. The summed E-state index contributed by atoms with van der Waals surface area (Å²) in [5.74, 6) is 3.89. The highest BCUT2D eigenvalue weighted by Gasteiger charge is 2.35. The van der Waals surface area contributed by atoms with Crippen LogP contribution in [0.3, 0.4) is 0 Å². The summed E-state index contributed by atoms with van der Waals surface area (Å²) < 4.78 is 37.5. The second-order valence-corrected chi connectivity index (χ2v) is 14.6. The standard InChI is InChI=1S/C44H43ClN2O7/c1-46-18-16-29-23-37(49-3)39-25-33(29)34(46)20-26-6-13-32(14-7-26)52-38-22-27(8-15-36(38)54-44(48)28-9-11-31(45)12-10-28)21-35-41-30(17-19-47(35)2)24-40(50-4)42(51-5)43(41)53-39/h6-15,22-25,34-35H,16-21H2,1-5H3/t34-,35+/m0/s1. The minimum atomic E-state index is -0.507. The summed E-state index contributed by atoms with van der Waals surface area (Å²) in [6.07, 6.45) is 3.08. The molecule has 0 fully saturated rings. The number of methoxy groups -OCH3 is 3. The van der Waals surface area contributed by atoms with Crippen molar-refractivity contribution in [2.24, 2.45) is 0 Å². The summed E-state index contributed by atoms with van der Waals surface area (Å²) in [7, 11) is 9.28. The van der Waals surface area contributed by atoms with Crippen LogP contribution < -0.4 is 28.4 Å². The van der Waals surface area contributed by atoms with Crippen molar-refractivity contribution in [3.05, 3.63) is 129 Å². The number of esters is 1. The Bertz CT molecular complexity index is 2210. The zero-order valence-electron chi connectivity index (χ0n) is 31.1. The first kappa shape index (κ1) is 35.8. The Labute approximate surface area is 320 Å². The van der Waals surface area contributed by atoms with Gasteiger partial charge in [0.1, 0.15) is 5.75 Å². The van der Waals surface area contributed by atoms with Crippen LogP contribution in [0.4, 0.5) is 0 Å². The van der Waals surface area contributed by atoms with Gasteiger partial charge in [0.2, 0.25) is 5.75 Å².